The zero-order chi connectivity index (χ0) is 24.2. The molecule has 0 saturated heterocycles. The van der Waals surface area contributed by atoms with Gasteiger partial charge in [-0.1, -0.05) is 54.7 Å². The Morgan fingerprint density at radius 3 is 2.06 bits per heavy atom. The molecule has 5 N–H and O–H groups in total. The number of carboxylic acids is 1. The zero-order valence-corrected chi connectivity index (χ0v) is 18.4. The monoisotopic (exact) mass is 470 g/mol. The van der Waals surface area contributed by atoms with Gasteiger partial charge in [0.2, 0.25) is 0 Å². The number of pyridine rings is 1. The van der Waals surface area contributed by atoms with Crippen LogP contribution < -0.4 is 16.4 Å². The first-order valence-electron chi connectivity index (χ1n) is 10.1. The number of fused-ring (bicyclic) bond motifs is 1. The van der Waals surface area contributed by atoms with Gasteiger partial charge in [0.05, 0.1) is 11.3 Å². The van der Waals surface area contributed by atoms with E-state index in [1.165, 1.54) is 18.2 Å². The molecule has 0 unspecified atom stereocenters. The molecule has 0 aliphatic heterocycles. The number of aromatic nitrogens is 1. The summed E-state index contributed by atoms with van der Waals surface area (Å²) >= 11 is 4.91. The van der Waals surface area contributed by atoms with Crippen LogP contribution in [0.4, 0.5) is 11.5 Å². The summed E-state index contributed by atoms with van der Waals surface area (Å²) in [4.78, 5) is 41.3. The van der Waals surface area contributed by atoms with Crippen molar-refractivity contribution in [1.82, 2.24) is 4.98 Å². The fraction of sp³-hybridized carbons (Fsp3) is 0. The van der Waals surface area contributed by atoms with Gasteiger partial charge in [-0.15, -0.1) is 0 Å². The van der Waals surface area contributed by atoms with E-state index in [0.717, 1.165) is 17.0 Å². The summed E-state index contributed by atoms with van der Waals surface area (Å²) in [5, 5.41) is 16.5. The molecule has 1 heterocycles. The van der Waals surface area contributed by atoms with Crippen molar-refractivity contribution in [3.8, 4) is 0 Å². The number of nitrogens with two attached hydrogens (primary N) is 1. The van der Waals surface area contributed by atoms with Gasteiger partial charge in [0.1, 0.15) is 4.99 Å². The second kappa shape index (κ2) is 9.47. The van der Waals surface area contributed by atoms with E-state index < -0.39 is 17.8 Å². The molecule has 8 nitrogen and oxygen atoms in total. The first-order valence-corrected chi connectivity index (χ1v) is 10.5. The van der Waals surface area contributed by atoms with Crippen molar-refractivity contribution in [3.63, 3.8) is 0 Å². The lowest BCUT2D eigenvalue weighted by Crippen LogP contribution is -2.19. The smallest absolute Gasteiger partial charge is 0.337 e. The molecule has 1 aromatic heterocycles. The molecule has 0 bridgehead atoms. The number of benzene rings is 3. The van der Waals surface area contributed by atoms with Crippen LogP contribution in [0.3, 0.4) is 0 Å². The molecule has 168 valence electrons. The molecular formula is C25H18N4O4S. The number of carbonyl (C=O) groups excluding carboxylic acids is 2. The SMILES string of the molecule is NC(=S)c1ccc(C(=O)Nc2cc(C(=O)O)cnc2NC(=O)c2ccc3ccccc3c2)cc1. The number of hydrogen-bond acceptors (Lipinski definition) is 5. The average Bonchev–Trinajstić information content (AvgIpc) is 2.84. The van der Waals surface area contributed by atoms with Gasteiger partial charge in [-0.05, 0) is 41.1 Å². The van der Waals surface area contributed by atoms with Crippen molar-refractivity contribution in [2.24, 2.45) is 5.73 Å². The number of hydrogen-bond donors (Lipinski definition) is 4. The van der Waals surface area contributed by atoms with Crippen molar-refractivity contribution in [2.75, 3.05) is 10.6 Å². The minimum Gasteiger partial charge on any atom is -0.478 e. The lowest BCUT2D eigenvalue weighted by molar-refractivity contribution is 0.0696. The van der Waals surface area contributed by atoms with Gasteiger partial charge in [0.25, 0.3) is 11.8 Å². The van der Waals surface area contributed by atoms with Crippen LogP contribution in [0.5, 0.6) is 0 Å². The molecule has 0 spiro atoms. The van der Waals surface area contributed by atoms with Crippen LogP contribution in [-0.4, -0.2) is 32.9 Å². The van der Waals surface area contributed by atoms with Gasteiger partial charge in [-0.25, -0.2) is 9.78 Å². The molecule has 0 atom stereocenters. The Kier molecular flexibility index (Phi) is 6.28. The molecule has 9 heteroatoms. The number of anilines is 2. The quantitative estimate of drug-likeness (QED) is 0.312. The maximum Gasteiger partial charge on any atom is 0.337 e. The molecule has 0 radical (unpaired) electrons. The molecule has 3 aromatic carbocycles. The van der Waals surface area contributed by atoms with Crippen molar-refractivity contribution in [3.05, 3.63) is 101 Å². The minimum absolute atomic E-state index is 0.0104. The lowest BCUT2D eigenvalue weighted by Gasteiger charge is -2.13. The topological polar surface area (TPSA) is 134 Å². The third kappa shape index (κ3) is 4.89. The third-order valence-electron chi connectivity index (χ3n) is 5.06. The highest BCUT2D eigenvalue weighted by molar-refractivity contribution is 7.80. The molecule has 4 rings (SSSR count). The summed E-state index contributed by atoms with van der Waals surface area (Å²) in [5.41, 5.74) is 6.74. The van der Waals surface area contributed by atoms with E-state index in [4.69, 9.17) is 18.0 Å². The van der Waals surface area contributed by atoms with E-state index in [2.05, 4.69) is 15.6 Å². The Morgan fingerprint density at radius 2 is 1.38 bits per heavy atom. The highest BCUT2D eigenvalue weighted by Gasteiger charge is 2.17. The molecule has 34 heavy (non-hydrogen) atoms. The van der Waals surface area contributed by atoms with Gasteiger partial charge in [0, 0.05) is 22.9 Å². The molecule has 0 saturated carbocycles. The van der Waals surface area contributed by atoms with Crippen molar-refractivity contribution >= 4 is 57.3 Å². The van der Waals surface area contributed by atoms with E-state index in [1.54, 1.807) is 24.3 Å². The van der Waals surface area contributed by atoms with Crippen LogP contribution in [0.1, 0.15) is 36.6 Å². The van der Waals surface area contributed by atoms with E-state index in [9.17, 15) is 19.5 Å². The molecule has 2 amide bonds. The standard InChI is InChI=1S/C25H18N4O4S/c26-21(34)15-6-8-16(9-7-15)23(30)28-20-12-19(25(32)33)13-27-22(20)29-24(31)18-10-5-14-3-1-2-4-17(14)11-18/h1-13H,(H2,26,34)(H,28,30)(H,32,33)(H,27,29,31). The van der Waals surface area contributed by atoms with E-state index in [0.29, 0.717) is 11.1 Å². The van der Waals surface area contributed by atoms with E-state index in [-0.39, 0.29) is 27.6 Å². The highest BCUT2D eigenvalue weighted by atomic mass is 32.1. The van der Waals surface area contributed by atoms with Gasteiger partial charge >= 0.3 is 5.97 Å². The Balaban J connectivity index is 1.61. The number of nitrogens with zero attached hydrogens (tertiary/aromatic N) is 1. The number of aromatic carboxylic acids is 1. The van der Waals surface area contributed by atoms with Gasteiger partial charge < -0.3 is 21.5 Å². The van der Waals surface area contributed by atoms with Gasteiger partial charge in [0.15, 0.2) is 5.82 Å². The summed E-state index contributed by atoms with van der Waals surface area (Å²) in [6.07, 6.45) is 1.10. The normalized spacial score (nSPS) is 10.5. The summed E-state index contributed by atoms with van der Waals surface area (Å²) < 4.78 is 0. The van der Waals surface area contributed by atoms with Gasteiger partial charge in [-0.2, -0.15) is 0 Å². The average molecular weight is 471 g/mol. The predicted octanol–water partition coefficient (Wildman–Crippen LogP) is 4.07. The molecular weight excluding hydrogens is 452 g/mol. The number of amides is 2. The zero-order valence-electron chi connectivity index (χ0n) is 17.6. The highest BCUT2D eigenvalue weighted by Crippen LogP contribution is 2.23. The van der Waals surface area contributed by atoms with Crippen LogP contribution >= 0.6 is 12.2 Å². The second-order valence-corrected chi connectivity index (χ2v) is 7.78. The number of thiocarbonyl (C=S) groups is 1. The van der Waals surface area contributed by atoms with Crippen LogP contribution in [0.15, 0.2) is 79.0 Å². The Bertz CT molecular complexity index is 1450. The summed E-state index contributed by atoms with van der Waals surface area (Å²) in [6.45, 7) is 0. The van der Waals surface area contributed by atoms with Crippen molar-refractivity contribution in [1.29, 1.82) is 0 Å². The first-order chi connectivity index (χ1) is 16.3. The Hall–Kier alpha value is -4.63. The Morgan fingerprint density at radius 1 is 0.765 bits per heavy atom. The van der Waals surface area contributed by atoms with Crippen LogP contribution in [0.2, 0.25) is 0 Å². The lowest BCUT2D eigenvalue weighted by atomic mass is 10.1. The maximum absolute atomic E-state index is 12.9. The number of rotatable bonds is 6. The fourth-order valence-electron chi connectivity index (χ4n) is 3.27. The van der Waals surface area contributed by atoms with Crippen molar-refractivity contribution in [2.45, 2.75) is 0 Å². The van der Waals surface area contributed by atoms with E-state index in [1.807, 2.05) is 30.3 Å². The molecule has 4 aromatic rings. The van der Waals surface area contributed by atoms with Gasteiger partial charge in [-0.3, -0.25) is 9.59 Å². The summed E-state index contributed by atoms with van der Waals surface area (Å²) in [5.74, 6) is -2.20. The maximum atomic E-state index is 12.9. The third-order valence-corrected chi connectivity index (χ3v) is 5.29. The van der Waals surface area contributed by atoms with Crippen LogP contribution in [-0.2, 0) is 0 Å². The van der Waals surface area contributed by atoms with Crippen molar-refractivity contribution < 1.29 is 19.5 Å². The molecule has 0 fully saturated rings. The predicted molar refractivity (Wildman–Crippen MR) is 133 cm³/mol. The summed E-state index contributed by atoms with van der Waals surface area (Å²) in [6, 6.07) is 20.3. The van der Waals surface area contributed by atoms with E-state index >= 15 is 0 Å². The molecule has 0 aliphatic rings. The summed E-state index contributed by atoms with van der Waals surface area (Å²) in [7, 11) is 0. The van der Waals surface area contributed by atoms with Crippen LogP contribution in [0.25, 0.3) is 10.8 Å². The minimum atomic E-state index is -1.23. The fourth-order valence-corrected chi connectivity index (χ4v) is 3.40. The van der Waals surface area contributed by atoms with Crippen LogP contribution in [0, 0.1) is 0 Å². The second-order valence-electron chi connectivity index (χ2n) is 7.34. The largest absolute Gasteiger partial charge is 0.478 e. The number of nitrogens with one attached hydrogen (secondary N) is 2. The number of carboxylic acid groups (broad SMARTS) is 1. The number of carbonyl (C=O) groups is 3. The molecule has 0 aliphatic carbocycles. The first kappa shape index (κ1) is 22.6. The Labute approximate surface area is 199 Å².